The quantitative estimate of drug-likeness (QED) is 0.331. The van der Waals surface area contributed by atoms with Crippen molar-refractivity contribution in [2.24, 2.45) is 12.2 Å². The monoisotopic (exact) mass is 417 g/mol. The van der Waals surface area contributed by atoms with E-state index in [1.54, 1.807) is 31.6 Å². The lowest BCUT2D eigenvalue weighted by Crippen LogP contribution is -2.25. The zero-order valence-corrected chi connectivity index (χ0v) is 16.8. The van der Waals surface area contributed by atoms with Crippen LogP contribution in [0.3, 0.4) is 0 Å². The molecule has 10 heteroatoms. The van der Waals surface area contributed by atoms with Crippen LogP contribution in [0.2, 0.25) is 10.0 Å². The number of nitrogens with zero attached hydrogens (tertiary/aromatic N) is 3. The molecule has 140 valence electrons. The van der Waals surface area contributed by atoms with Crippen molar-refractivity contribution in [3.05, 3.63) is 33.4 Å². The first-order chi connectivity index (χ1) is 12.3. The molecule has 0 amide bonds. The van der Waals surface area contributed by atoms with Gasteiger partial charge in [-0.2, -0.15) is 5.10 Å². The number of hydrogen-bond donors (Lipinski definition) is 1. The average Bonchev–Trinajstić information content (AvgIpc) is 2.85. The summed E-state index contributed by atoms with van der Waals surface area (Å²) in [5.41, 5.74) is 1.37. The number of rotatable bonds is 6. The van der Waals surface area contributed by atoms with Crippen LogP contribution in [0.1, 0.15) is 18.2 Å². The van der Waals surface area contributed by atoms with Crippen LogP contribution in [0.15, 0.2) is 27.2 Å². The largest absolute Gasteiger partial charge is 0.477 e. The molecule has 0 radical (unpaired) electrons. The molecule has 2 rings (SSSR count). The van der Waals surface area contributed by atoms with Gasteiger partial charge in [0.2, 0.25) is 0 Å². The first-order valence-electron chi connectivity index (χ1n) is 7.40. The average molecular weight is 418 g/mol. The summed E-state index contributed by atoms with van der Waals surface area (Å²) < 4.78 is 11.9. The van der Waals surface area contributed by atoms with Gasteiger partial charge in [0, 0.05) is 11.9 Å². The number of carbonyl (C=O) groups excluding carboxylic acids is 1. The maximum absolute atomic E-state index is 11.6. The second-order valence-corrected chi connectivity index (χ2v) is 7.12. The van der Waals surface area contributed by atoms with E-state index in [0.717, 1.165) is 5.03 Å². The van der Waals surface area contributed by atoms with Gasteiger partial charge in [-0.05, 0) is 26.0 Å². The Labute approximate surface area is 164 Å². The number of esters is 1. The summed E-state index contributed by atoms with van der Waals surface area (Å²) in [5.74, 6) is -0.221. The van der Waals surface area contributed by atoms with Crippen molar-refractivity contribution in [2.45, 2.75) is 29.9 Å². The number of carbonyl (C=O) groups is 1. The summed E-state index contributed by atoms with van der Waals surface area (Å²) in [6.07, 6.45) is 0.484. The van der Waals surface area contributed by atoms with Gasteiger partial charge in [-0.15, -0.1) is 0 Å². The van der Waals surface area contributed by atoms with Crippen LogP contribution < -0.4 is 4.74 Å². The Kier molecular flexibility index (Phi) is 6.80. The molecule has 1 N–H and O–H groups in total. The van der Waals surface area contributed by atoms with Gasteiger partial charge in [0.1, 0.15) is 10.8 Å². The van der Waals surface area contributed by atoms with Gasteiger partial charge in [-0.25, -0.2) is 4.79 Å². The van der Waals surface area contributed by atoms with Crippen LogP contribution in [0.4, 0.5) is 0 Å². The fourth-order valence-corrected chi connectivity index (χ4v) is 3.73. The van der Waals surface area contributed by atoms with E-state index in [9.17, 15) is 4.79 Å². The van der Waals surface area contributed by atoms with Crippen molar-refractivity contribution >= 4 is 47.1 Å². The number of halogens is 2. The fraction of sp³-hybridized carbons (Fsp3) is 0.312. The second kappa shape index (κ2) is 8.66. The minimum Gasteiger partial charge on any atom is -0.477 e. The minimum atomic E-state index is -0.826. The summed E-state index contributed by atoms with van der Waals surface area (Å²) in [5, 5.41) is 17.7. The number of methoxy groups -OCH3 is 1. The molecule has 1 aromatic carbocycles. The highest BCUT2D eigenvalue weighted by Gasteiger charge is 2.20. The Morgan fingerprint density at radius 3 is 2.73 bits per heavy atom. The number of aryl methyl sites for hydroxylation is 2. The summed E-state index contributed by atoms with van der Waals surface area (Å²) in [6.45, 7) is 3.36. The lowest BCUT2D eigenvalue weighted by atomic mass is 10.3. The van der Waals surface area contributed by atoms with E-state index in [1.165, 1.54) is 31.2 Å². The molecule has 0 aliphatic rings. The summed E-state index contributed by atoms with van der Waals surface area (Å²) >= 11 is 13.8. The van der Waals surface area contributed by atoms with Crippen LogP contribution in [0, 0.1) is 6.92 Å². The smallest absolute Gasteiger partial charge is 0.346 e. The molecule has 0 saturated heterocycles. The summed E-state index contributed by atoms with van der Waals surface area (Å²) in [6, 6.07) is 3.17. The third-order valence-corrected chi connectivity index (χ3v) is 5.39. The molecular weight excluding hydrogens is 401 g/mol. The molecule has 0 aliphatic heterocycles. The van der Waals surface area contributed by atoms with E-state index in [1.807, 2.05) is 0 Å². The predicted octanol–water partition coefficient (Wildman–Crippen LogP) is 3.93. The third-order valence-electron chi connectivity index (χ3n) is 3.43. The highest BCUT2D eigenvalue weighted by Crippen LogP contribution is 2.41. The maximum atomic E-state index is 11.6. The zero-order valence-electron chi connectivity index (χ0n) is 14.5. The number of aromatic nitrogens is 2. The molecule has 26 heavy (non-hydrogen) atoms. The van der Waals surface area contributed by atoms with Crippen molar-refractivity contribution in [2.75, 3.05) is 7.11 Å². The lowest BCUT2D eigenvalue weighted by Gasteiger charge is -2.15. The Balaban J connectivity index is 2.39. The van der Waals surface area contributed by atoms with Crippen molar-refractivity contribution in [3.63, 3.8) is 0 Å². The van der Waals surface area contributed by atoms with Gasteiger partial charge < -0.3 is 14.7 Å². The zero-order chi connectivity index (χ0) is 19.4. The van der Waals surface area contributed by atoms with E-state index in [2.05, 4.69) is 15.0 Å². The molecule has 7 nitrogen and oxygen atoms in total. The maximum Gasteiger partial charge on any atom is 0.346 e. The molecule has 2 aromatic rings. The molecule has 0 bridgehead atoms. The van der Waals surface area contributed by atoms with Gasteiger partial charge in [-0.1, -0.05) is 40.1 Å². The van der Waals surface area contributed by atoms with Crippen molar-refractivity contribution in [1.82, 2.24) is 9.78 Å². The number of benzene rings is 1. The lowest BCUT2D eigenvalue weighted by molar-refractivity contribution is -0.147. The molecule has 1 aromatic heterocycles. The minimum absolute atomic E-state index is 0.272. The summed E-state index contributed by atoms with van der Waals surface area (Å²) in [4.78, 5) is 12.2. The standard InChI is InChI=1S/C16H17Cl2N3O4S/c1-8-10(7-19-23)15(21(3)20-8)26-14-6-13(11(17)5-12(14)18)25-9(2)16(22)24-4/h5-7,9,23H,1-4H3/t9-/m1/s1. The van der Waals surface area contributed by atoms with Crippen LogP contribution in [0.25, 0.3) is 0 Å². The predicted molar refractivity (Wildman–Crippen MR) is 100 cm³/mol. The van der Waals surface area contributed by atoms with E-state index in [0.29, 0.717) is 26.9 Å². The van der Waals surface area contributed by atoms with Crippen molar-refractivity contribution in [1.29, 1.82) is 0 Å². The van der Waals surface area contributed by atoms with Gasteiger partial charge >= 0.3 is 5.97 Å². The first-order valence-corrected chi connectivity index (χ1v) is 8.98. The van der Waals surface area contributed by atoms with Crippen LogP contribution in [-0.2, 0) is 16.6 Å². The third kappa shape index (κ3) is 4.44. The van der Waals surface area contributed by atoms with Gasteiger partial charge in [0.25, 0.3) is 0 Å². The Morgan fingerprint density at radius 2 is 2.12 bits per heavy atom. The van der Waals surface area contributed by atoms with Gasteiger partial charge in [-0.3, -0.25) is 4.68 Å². The number of ether oxygens (including phenoxy) is 2. The van der Waals surface area contributed by atoms with Gasteiger partial charge in [0.15, 0.2) is 6.10 Å². The van der Waals surface area contributed by atoms with Gasteiger partial charge in [0.05, 0.1) is 34.6 Å². The number of oxime groups is 1. The van der Waals surface area contributed by atoms with E-state index in [4.69, 9.17) is 33.1 Å². The van der Waals surface area contributed by atoms with E-state index in [-0.39, 0.29) is 5.02 Å². The Morgan fingerprint density at radius 1 is 1.42 bits per heavy atom. The molecule has 0 saturated carbocycles. The molecule has 0 unspecified atom stereocenters. The summed E-state index contributed by atoms with van der Waals surface area (Å²) in [7, 11) is 3.05. The van der Waals surface area contributed by atoms with Crippen molar-refractivity contribution in [3.8, 4) is 5.75 Å². The van der Waals surface area contributed by atoms with E-state index < -0.39 is 12.1 Å². The molecule has 0 aliphatic carbocycles. The molecular formula is C16H17Cl2N3O4S. The molecule has 1 atom stereocenters. The SMILES string of the molecule is COC(=O)[C@@H](C)Oc1cc(Sc2c(C=NO)c(C)nn2C)c(Cl)cc1Cl. The highest BCUT2D eigenvalue weighted by molar-refractivity contribution is 7.99. The van der Waals surface area contributed by atoms with E-state index >= 15 is 0 Å². The molecule has 1 heterocycles. The fourth-order valence-electron chi connectivity index (χ4n) is 2.17. The van der Waals surface area contributed by atoms with Crippen LogP contribution >= 0.6 is 35.0 Å². The first kappa shape index (κ1) is 20.4. The topological polar surface area (TPSA) is 85.9 Å². The molecule has 0 fully saturated rings. The highest BCUT2D eigenvalue weighted by atomic mass is 35.5. The van der Waals surface area contributed by atoms with Crippen LogP contribution in [-0.4, -0.2) is 40.4 Å². The Hall–Kier alpha value is -1.90. The number of hydrogen-bond acceptors (Lipinski definition) is 7. The van der Waals surface area contributed by atoms with Crippen LogP contribution in [0.5, 0.6) is 5.75 Å². The normalized spacial score (nSPS) is 12.4. The second-order valence-electron chi connectivity index (χ2n) is 5.27. The molecule has 0 spiro atoms. The van der Waals surface area contributed by atoms with Crippen molar-refractivity contribution < 1.29 is 19.5 Å². The Bertz CT molecular complexity index is 855.